The highest BCUT2D eigenvalue weighted by molar-refractivity contribution is 6.31. The van der Waals surface area contributed by atoms with Crippen LogP contribution in [0.1, 0.15) is 35.8 Å². The summed E-state index contributed by atoms with van der Waals surface area (Å²) in [6.45, 7) is 2.80. The molecule has 0 bridgehead atoms. The normalized spacial score (nSPS) is 11.2. The van der Waals surface area contributed by atoms with Crippen LogP contribution in [-0.4, -0.2) is 22.6 Å². The number of alkyl halides is 3. The van der Waals surface area contributed by atoms with E-state index in [1.165, 1.54) is 12.1 Å². The van der Waals surface area contributed by atoms with Crippen LogP contribution in [0.3, 0.4) is 0 Å². The minimum Gasteiger partial charge on any atom is -0.369 e. The van der Waals surface area contributed by atoms with E-state index >= 15 is 0 Å². The molecule has 0 aliphatic heterocycles. The Morgan fingerprint density at radius 1 is 1.20 bits per heavy atom. The van der Waals surface area contributed by atoms with Gasteiger partial charge in [-0.05, 0) is 36.8 Å². The van der Waals surface area contributed by atoms with Crippen molar-refractivity contribution in [2.45, 2.75) is 25.9 Å². The van der Waals surface area contributed by atoms with Gasteiger partial charge in [0.2, 0.25) is 0 Å². The Morgan fingerprint density at radius 2 is 1.96 bits per heavy atom. The second kappa shape index (κ2) is 8.15. The van der Waals surface area contributed by atoms with Crippen LogP contribution >= 0.6 is 11.6 Å². The lowest BCUT2D eigenvalue weighted by Gasteiger charge is -2.11. The largest absolute Gasteiger partial charge is 0.417 e. The van der Waals surface area contributed by atoms with Gasteiger partial charge in [-0.25, -0.2) is 0 Å². The van der Waals surface area contributed by atoms with Gasteiger partial charge in [-0.15, -0.1) is 10.2 Å². The van der Waals surface area contributed by atoms with E-state index in [1.54, 1.807) is 6.07 Å². The molecule has 0 radical (unpaired) electrons. The molecule has 5 nitrogen and oxygen atoms in total. The Kier molecular flexibility index (Phi) is 6.19. The number of hydrogen-bond acceptors (Lipinski definition) is 4. The highest BCUT2D eigenvalue weighted by Gasteiger charge is 2.33. The van der Waals surface area contributed by atoms with Gasteiger partial charge >= 0.3 is 6.18 Å². The van der Waals surface area contributed by atoms with Gasteiger partial charge in [-0.1, -0.05) is 24.9 Å². The van der Waals surface area contributed by atoms with E-state index in [0.717, 1.165) is 31.5 Å². The standard InChI is InChI=1S/C16H16ClF3N4O/c1-2-3-8-21-14-7-6-13(23-24-14)15(25)22-10-4-5-12(17)11(9-10)16(18,19)20/h4-7,9H,2-3,8H2,1H3,(H,21,24)(H,22,25). The minimum atomic E-state index is -4.61. The summed E-state index contributed by atoms with van der Waals surface area (Å²) in [7, 11) is 0. The van der Waals surface area contributed by atoms with Crippen molar-refractivity contribution in [1.29, 1.82) is 0 Å². The molecule has 0 unspecified atom stereocenters. The lowest BCUT2D eigenvalue weighted by atomic mass is 10.2. The molecule has 2 N–H and O–H groups in total. The maximum Gasteiger partial charge on any atom is 0.417 e. The second-order valence-electron chi connectivity index (χ2n) is 5.23. The van der Waals surface area contributed by atoms with Gasteiger partial charge in [0.15, 0.2) is 5.69 Å². The van der Waals surface area contributed by atoms with Crippen LogP contribution in [0.25, 0.3) is 0 Å². The van der Waals surface area contributed by atoms with Gasteiger partial charge in [0.25, 0.3) is 5.91 Å². The van der Waals surface area contributed by atoms with E-state index in [9.17, 15) is 18.0 Å². The molecule has 0 aliphatic rings. The zero-order chi connectivity index (χ0) is 18.4. The van der Waals surface area contributed by atoms with Crippen LogP contribution in [0.5, 0.6) is 0 Å². The summed E-state index contributed by atoms with van der Waals surface area (Å²) in [5.74, 6) is -0.140. The van der Waals surface area contributed by atoms with E-state index in [2.05, 4.69) is 27.8 Å². The first-order valence-electron chi connectivity index (χ1n) is 7.57. The number of amides is 1. The van der Waals surface area contributed by atoms with Crippen molar-refractivity contribution in [3.05, 3.63) is 46.6 Å². The van der Waals surface area contributed by atoms with Crippen LogP contribution < -0.4 is 10.6 Å². The van der Waals surface area contributed by atoms with Gasteiger partial charge < -0.3 is 10.6 Å². The van der Waals surface area contributed by atoms with Crippen LogP contribution in [0, 0.1) is 0 Å². The first-order valence-corrected chi connectivity index (χ1v) is 7.94. The monoisotopic (exact) mass is 372 g/mol. The molecule has 1 heterocycles. The molecule has 0 aliphatic carbocycles. The molecule has 1 aromatic heterocycles. The number of anilines is 2. The fourth-order valence-corrected chi connectivity index (χ4v) is 2.18. The molecule has 2 rings (SSSR count). The second-order valence-corrected chi connectivity index (χ2v) is 5.64. The van der Waals surface area contributed by atoms with Crippen LogP contribution in [0.15, 0.2) is 30.3 Å². The molecule has 0 saturated heterocycles. The molecule has 0 spiro atoms. The molecule has 9 heteroatoms. The quantitative estimate of drug-likeness (QED) is 0.726. The molecule has 0 atom stereocenters. The SMILES string of the molecule is CCCCNc1ccc(C(=O)Nc2ccc(Cl)c(C(F)(F)F)c2)nn1. The van der Waals surface area contributed by atoms with Crippen molar-refractivity contribution in [2.24, 2.45) is 0 Å². The lowest BCUT2D eigenvalue weighted by molar-refractivity contribution is -0.137. The molecular formula is C16H16ClF3N4O. The van der Waals surface area contributed by atoms with Gasteiger partial charge in [-0.2, -0.15) is 13.2 Å². The molecular weight excluding hydrogens is 357 g/mol. The van der Waals surface area contributed by atoms with E-state index in [4.69, 9.17) is 11.6 Å². The van der Waals surface area contributed by atoms with Crippen molar-refractivity contribution in [2.75, 3.05) is 17.2 Å². The summed E-state index contributed by atoms with van der Waals surface area (Å²) in [5.41, 5.74) is -1.06. The number of benzene rings is 1. The lowest BCUT2D eigenvalue weighted by Crippen LogP contribution is -2.16. The van der Waals surface area contributed by atoms with Crippen LogP contribution in [0.4, 0.5) is 24.7 Å². The fourth-order valence-electron chi connectivity index (χ4n) is 1.96. The Hall–Kier alpha value is -2.35. The minimum absolute atomic E-state index is 0.00968. The first kappa shape index (κ1) is 19.0. The van der Waals surface area contributed by atoms with E-state index in [-0.39, 0.29) is 11.4 Å². The molecule has 134 valence electrons. The summed E-state index contributed by atoms with van der Waals surface area (Å²) in [6, 6.07) is 6.15. The Morgan fingerprint density at radius 3 is 2.56 bits per heavy atom. The van der Waals surface area contributed by atoms with E-state index in [0.29, 0.717) is 5.82 Å². The smallest absolute Gasteiger partial charge is 0.369 e. The van der Waals surface area contributed by atoms with Gasteiger partial charge in [-0.3, -0.25) is 4.79 Å². The topological polar surface area (TPSA) is 66.9 Å². The zero-order valence-corrected chi connectivity index (χ0v) is 14.1. The number of rotatable bonds is 6. The molecule has 2 aromatic rings. The molecule has 1 amide bonds. The Labute approximate surface area is 147 Å². The van der Waals surface area contributed by atoms with E-state index in [1.807, 2.05) is 0 Å². The van der Waals surface area contributed by atoms with Crippen LogP contribution in [-0.2, 0) is 6.18 Å². The van der Waals surface area contributed by atoms with Crippen molar-refractivity contribution >= 4 is 29.0 Å². The van der Waals surface area contributed by atoms with Crippen molar-refractivity contribution in [3.8, 4) is 0 Å². The predicted octanol–water partition coefficient (Wildman–Crippen LogP) is 4.61. The number of carbonyl (C=O) groups excluding carboxylic acids is 1. The van der Waals surface area contributed by atoms with Crippen molar-refractivity contribution < 1.29 is 18.0 Å². The first-order chi connectivity index (χ1) is 11.8. The summed E-state index contributed by atoms with van der Waals surface area (Å²) < 4.78 is 38.5. The average Bonchev–Trinajstić information content (AvgIpc) is 2.56. The highest BCUT2D eigenvalue weighted by atomic mass is 35.5. The predicted molar refractivity (Wildman–Crippen MR) is 89.8 cm³/mol. The summed E-state index contributed by atoms with van der Waals surface area (Å²) in [5, 5.41) is 12.6. The number of unbranched alkanes of at least 4 members (excludes halogenated alkanes) is 1. The summed E-state index contributed by atoms with van der Waals surface area (Å²) >= 11 is 5.54. The maximum absolute atomic E-state index is 12.8. The number of nitrogens with zero attached hydrogens (tertiary/aromatic N) is 2. The summed E-state index contributed by atoms with van der Waals surface area (Å²) in [4.78, 5) is 12.1. The number of aromatic nitrogens is 2. The Bertz CT molecular complexity index is 735. The zero-order valence-electron chi connectivity index (χ0n) is 13.3. The van der Waals surface area contributed by atoms with E-state index < -0.39 is 22.7 Å². The number of halogens is 4. The third-order valence-corrected chi connectivity index (χ3v) is 3.59. The molecule has 25 heavy (non-hydrogen) atoms. The van der Waals surface area contributed by atoms with Gasteiger partial charge in [0, 0.05) is 12.2 Å². The third-order valence-electron chi connectivity index (χ3n) is 3.26. The highest BCUT2D eigenvalue weighted by Crippen LogP contribution is 2.36. The van der Waals surface area contributed by atoms with Gasteiger partial charge in [0.05, 0.1) is 10.6 Å². The third kappa shape index (κ3) is 5.32. The molecule has 0 saturated carbocycles. The maximum atomic E-state index is 12.8. The average molecular weight is 373 g/mol. The van der Waals surface area contributed by atoms with Crippen molar-refractivity contribution in [3.63, 3.8) is 0 Å². The van der Waals surface area contributed by atoms with Crippen LogP contribution in [0.2, 0.25) is 5.02 Å². The molecule has 1 aromatic carbocycles. The number of hydrogen-bond donors (Lipinski definition) is 2. The molecule has 0 fully saturated rings. The Balaban J connectivity index is 2.07. The fraction of sp³-hybridized carbons (Fsp3) is 0.312. The van der Waals surface area contributed by atoms with Crippen molar-refractivity contribution in [1.82, 2.24) is 10.2 Å². The van der Waals surface area contributed by atoms with Gasteiger partial charge in [0.1, 0.15) is 5.82 Å². The number of nitrogens with one attached hydrogen (secondary N) is 2. The summed E-state index contributed by atoms with van der Waals surface area (Å²) in [6.07, 6.45) is -2.60. The number of carbonyl (C=O) groups is 1.